The van der Waals surface area contributed by atoms with Crippen LogP contribution in [0.4, 0.5) is 0 Å². The zero-order chi connectivity index (χ0) is 17.8. The number of ether oxygens (including phenoxy) is 1. The van der Waals surface area contributed by atoms with Gasteiger partial charge in [-0.25, -0.2) is 0 Å². The van der Waals surface area contributed by atoms with E-state index in [9.17, 15) is 14.4 Å². The standard InChI is InChI=1S/C16H27N3O4.ClH/c1-7-8-11-12(13(21)23-6)17-9-16(11,18-10(2)20)14(22)19-15(3,4)5;/h7,11-12,17H,1,8-9H2,2-6H3,(H,18,20)(H,19,22);1H/t11-,12-,16+;/m0./s1. The smallest absolute Gasteiger partial charge is 0.323 e. The Morgan fingerprint density at radius 2 is 1.96 bits per heavy atom. The van der Waals surface area contributed by atoms with Gasteiger partial charge in [-0.3, -0.25) is 14.4 Å². The van der Waals surface area contributed by atoms with Gasteiger partial charge in [0.25, 0.3) is 0 Å². The highest BCUT2D eigenvalue weighted by Gasteiger charge is 2.56. The highest BCUT2D eigenvalue weighted by molar-refractivity contribution is 5.94. The molecule has 0 aromatic carbocycles. The highest BCUT2D eigenvalue weighted by atomic mass is 35.5. The van der Waals surface area contributed by atoms with Crippen LogP contribution in [0, 0.1) is 5.92 Å². The summed E-state index contributed by atoms with van der Waals surface area (Å²) in [6.45, 7) is 10.8. The summed E-state index contributed by atoms with van der Waals surface area (Å²) in [4.78, 5) is 36.6. The van der Waals surface area contributed by atoms with E-state index >= 15 is 0 Å². The van der Waals surface area contributed by atoms with E-state index in [4.69, 9.17) is 4.74 Å². The predicted octanol–water partition coefficient (Wildman–Crippen LogP) is 0.535. The van der Waals surface area contributed by atoms with E-state index in [1.165, 1.54) is 14.0 Å². The fourth-order valence-electron chi connectivity index (χ4n) is 2.93. The van der Waals surface area contributed by atoms with Crippen LogP contribution in [0.25, 0.3) is 0 Å². The molecule has 1 rings (SSSR count). The van der Waals surface area contributed by atoms with Crippen molar-refractivity contribution in [2.24, 2.45) is 5.92 Å². The van der Waals surface area contributed by atoms with Gasteiger partial charge in [-0.2, -0.15) is 0 Å². The lowest BCUT2D eigenvalue weighted by Gasteiger charge is -2.37. The van der Waals surface area contributed by atoms with E-state index in [1.807, 2.05) is 20.8 Å². The molecule has 1 aliphatic rings. The number of esters is 1. The first-order valence-electron chi connectivity index (χ1n) is 7.61. The Morgan fingerprint density at radius 3 is 2.38 bits per heavy atom. The minimum absolute atomic E-state index is 0. The summed E-state index contributed by atoms with van der Waals surface area (Å²) in [6, 6.07) is -0.685. The van der Waals surface area contributed by atoms with Crippen molar-refractivity contribution in [1.29, 1.82) is 0 Å². The number of carbonyl (C=O) groups is 3. The lowest BCUT2D eigenvalue weighted by Crippen LogP contribution is -2.66. The van der Waals surface area contributed by atoms with Crippen LogP contribution in [0.1, 0.15) is 34.1 Å². The normalized spacial score (nSPS) is 26.0. The maximum absolute atomic E-state index is 12.9. The summed E-state index contributed by atoms with van der Waals surface area (Å²) in [5, 5.41) is 8.65. The Labute approximate surface area is 149 Å². The van der Waals surface area contributed by atoms with Gasteiger partial charge in [0, 0.05) is 24.9 Å². The van der Waals surface area contributed by atoms with Crippen molar-refractivity contribution < 1.29 is 19.1 Å². The van der Waals surface area contributed by atoms with Crippen LogP contribution < -0.4 is 16.0 Å². The molecule has 1 saturated heterocycles. The molecule has 0 unspecified atom stereocenters. The number of rotatable bonds is 5. The summed E-state index contributed by atoms with van der Waals surface area (Å²) < 4.78 is 4.81. The van der Waals surface area contributed by atoms with Gasteiger partial charge in [0.2, 0.25) is 11.8 Å². The number of nitrogens with one attached hydrogen (secondary N) is 3. The number of halogens is 1. The zero-order valence-corrected chi connectivity index (χ0v) is 15.7. The van der Waals surface area contributed by atoms with Crippen LogP contribution in [0.15, 0.2) is 12.7 Å². The minimum Gasteiger partial charge on any atom is -0.468 e. The molecule has 1 aliphatic heterocycles. The van der Waals surface area contributed by atoms with Gasteiger partial charge in [-0.1, -0.05) is 6.08 Å². The van der Waals surface area contributed by atoms with Crippen LogP contribution in [0.3, 0.4) is 0 Å². The molecule has 0 aromatic rings. The summed E-state index contributed by atoms with van der Waals surface area (Å²) in [7, 11) is 1.29. The summed E-state index contributed by atoms with van der Waals surface area (Å²) >= 11 is 0. The van der Waals surface area contributed by atoms with Gasteiger partial charge >= 0.3 is 5.97 Å². The average molecular weight is 362 g/mol. The Hall–Kier alpha value is -1.60. The van der Waals surface area contributed by atoms with E-state index in [0.29, 0.717) is 6.42 Å². The molecule has 1 fully saturated rings. The van der Waals surface area contributed by atoms with Crippen molar-refractivity contribution in [1.82, 2.24) is 16.0 Å². The van der Waals surface area contributed by atoms with E-state index in [1.54, 1.807) is 6.08 Å². The minimum atomic E-state index is -1.23. The SMILES string of the molecule is C=CC[C@H]1[C@@H](C(=O)OC)NC[C@]1(NC(C)=O)C(=O)NC(C)(C)C.Cl. The molecule has 0 aromatic heterocycles. The molecule has 0 saturated carbocycles. The first-order valence-corrected chi connectivity index (χ1v) is 7.61. The molecule has 24 heavy (non-hydrogen) atoms. The summed E-state index contributed by atoms with van der Waals surface area (Å²) in [5.41, 5.74) is -1.70. The number of carbonyl (C=O) groups excluding carboxylic acids is 3. The third-order valence-corrected chi connectivity index (χ3v) is 3.80. The molecule has 3 N–H and O–H groups in total. The van der Waals surface area contributed by atoms with Crippen LogP contribution in [-0.2, 0) is 19.1 Å². The van der Waals surface area contributed by atoms with Crippen molar-refractivity contribution in [2.75, 3.05) is 13.7 Å². The van der Waals surface area contributed by atoms with Crippen molar-refractivity contribution >= 4 is 30.2 Å². The van der Waals surface area contributed by atoms with Gasteiger partial charge < -0.3 is 20.7 Å². The molecular weight excluding hydrogens is 334 g/mol. The van der Waals surface area contributed by atoms with Gasteiger partial charge in [0.15, 0.2) is 0 Å². The van der Waals surface area contributed by atoms with Gasteiger partial charge in [-0.05, 0) is 27.2 Å². The second-order valence-corrected chi connectivity index (χ2v) is 6.87. The molecule has 2 amide bonds. The molecule has 0 spiro atoms. The van der Waals surface area contributed by atoms with Crippen molar-refractivity contribution in [3.63, 3.8) is 0 Å². The van der Waals surface area contributed by atoms with Crippen molar-refractivity contribution in [2.45, 2.75) is 51.2 Å². The summed E-state index contributed by atoms with van der Waals surface area (Å²) in [6.07, 6.45) is 2.01. The van der Waals surface area contributed by atoms with Crippen molar-refractivity contribution in [3.8, 4) is 0 Å². The second-order valence-electron chi connectivity index (χ2n) is 6.87. The Balaban J connectivity index is 0.00000529. The lowest BCUT2D eigenvalue weighted by molar-refractivity contribution is -0.145. The molecular formula is C16H28ClN3O4. The van der Waals surface area contributed by atoms with E-state index < -0.39 is 29.0 Å². The fourth-order valence-corrected chi connectivity index (χ4v) is 2.93. The lowest BCUT2D eigenvalue weighted by atomic mass is 9.79. The zero-order valence-electron chi connectivity index (χ0n) is 14.9. The topological polar surface area (TPSA) is 96.5 Å². The Kier molecular flexibility index (Phi) is 7.92. The Bertz CT molecular complexity index is 504. The first kappa shape index (κ1) is 22.4. The number of allylic oxidation sites excluding steroid dienone is 1. The maximum atomic E-state index is 12.9. The molecule has 138 valence electrons. The molecule has 8 heteroatoms. The number of hydrogen-bond acceptors (Lipinski definition) is 5. The largest absolute Gasteiger partial charge is 0.468 e. The fraction of sp³-hybridized carbons (Fsp3) is 0.688. The second kappa shape index (κ2) is 8.48. The first-order chi connectivity index (χ1) is 10.6. The molecule has 0 bridgehead atoms. The Morgan fingerprint density at radius 1 is 1.38 bits per heavy atom. The number of amides is 2. The summed E-state index contributed by atoms with van der Waals surface area (Å²) in [5.74, 6) is -1.62. The van der Waals surface area contributed by atoms with Crippen LogP contribution >= 0.6 is 12.4 Å². The van der Waals surface area contributed by atoms with E-state index in [-0.39, 0.29) is 30.8 Å². The molecule has 7 nitrogen and oxygen atoms in total. The highest BCUT2D eigenvalue weighted by Crippen LogP contribution is 2.32. The van der Waals surface area contributed by atoms with Crippen LogP contribution in [0.2, 0.25) is 0 Å². The van der Waals surface area contributed by atoms with E-state index in [0.717, 1.165) is 0 Å². The van der Waals surface area contributed by atoms with E-state index in [2.05, 4.69) is 22.5 Å². The van der Waals surface area contributed by atoms with Crippen LogP contribution in [-0.4, -0.2) is 48.6 Å². The van der Waals surface area contributed by atoms with Crippen molar-refractivity contribution in [3.05, 3.63) is 12.7 Å². The quantitative estimate of drug-likeness (QED) is 0.490. The molecule has 0 aliphatic carbocycles. The maximum Gasteiger partial charge on any atom is 0.323 e. The van der Waals surface area contributed by atoms with Gasteiger partial charge in [0.1, 0.15) is 11.6 Å². The predicted molar refractivity (Wildman–Crippen MR) is 93.8 cm³/mol. The van der Waals surface area contributed by atoms with Gasteiger partial charge in [0.05, 0.1) is 7.11 Å². The van der Waals surface area contributed by atoms with Gasteiger partial charge in [-0.15, -0.1) is 19.0 Å². The molecule has 0 radical (unpaired) electrons. The monoisotopic (exact) mass is 361 g/mol. The average Bonchev–Trinajstić information content (AvgIpc) is 2.76. The number of methoxy groups -OCH3 is 1. The third-order valence-electron chi connectivity index (χ3n) is 3.80. The molecule has 1 heterocycles. The number of hydrogen-bond donors (Lipinski definition) is 3. The van der Waals surface area contributed by atoms with Crippen LogP contribution in [0.5, 0.6) is 0 Å². The molecule has 3 atom stereocenters. The third kappa shape index (κ3) is 4.95.